The van der Waals surface area contributed by atoms with Crippen LogP contribution in [-0.4, -0.2) is 55.4 Å². The van der Waals surface area contributed by atoms with Gasteiger partial charge in [-0.05, 0) is 18.2 Å². The van der Waals surface area contributed by atoms with E-state index < -0.39 is 0 Å². The van der Waals surface area contributed by atoms with Gasteiger partial charge < -0.3 is 19.5 Å². The number of rotatable bonds is 3. The second kappa shape index (κ2) is 5.84. The van der Waals surface area contributed by atoms with E-state index in [0.717, 1.165) is 0 Å². The fraction of sp³-hybridized carbons (Fsp3) is 0.462. The summed E-state index contributed by atoms with van der Waals surface area (Å²) in [6.45, 7) is 1.36. The van der Waals surface area contributed by atoms with Crippen molar-refractivity contribution in [2.75, 3.05) is 33.4 Å². The second-order valence-electron chi connectivity index (χ2n) is 4.16. The van der Waals surface area contributed by atoms with Gasteiger partial charge in [0.05, 0.1) is 26.4 Å². The molecule has 1 aromatic carbocycles. The Morgan fingerprint density at radius 3 is 3.17 bits per heavy atom. The number of morpholine rings is 1. The molecule has 98 valence electrons. The molecule has 1 amide bonds. The van der Waals surface area contributed by atoms with Gasteiger partial charge >= 0.3 is 0 Å². The monoisotopic (exact) mass is 251 g/mol. The molecule has 0 radical (unpaired) electrons. The van der Waals surface area contributed by atoms with E-state index in [4.69, 9.17) is 14.6 Å². The third-order valence-electron chi connectivity index (χ3n) is 2.95. The summed E-state index contributed by atoms with van der Waals surface area (Å²) >= 11 is 0. The molecule has 1 saturated heterocycles. The molecule has 1 unspecified atom stereocenters. The molecular formula is C13H17NO4. The van der Waals surface area contributed by atoms with Crippen LogP contribution in [0.2, 0.25) is 0 Å². The van der Waals surface area contributed by atoms with E-state index in [0.29, 0.717) is 31.0 Å². The van der Waals surface area contributed by atoms with Crippen LogP contribution in [0.15, 0.2) is 24.3 Å². The molecule has 5 heteroatoms. The van der Waals surface area contributed by atoms with E-state index in [-0.39, 0.29) is 18.6 Å². The van der Waals surface area contributed by atoms with Gasteiger partial charge in [-0.15, -0.1) is 0 Å². The lowest BCUT2D eigenvalue weighted by Crippen LogP contribution is -2.46. The molecule has 1 N–H and O–H groups in total. The Hall–Kier alpha value is -1.59. The molecule has 1 aliphatic heterocycles. The van der Waals surface area contributed by atoms with Gasteiger partial charge in [0.2, 0.25) is 0 Å². The Balaban J connectivity index is 2.10. The van der Waals surface area contributed by atoms with Gasteiger partial charge in [-0.25, -0.2) is 0 Å². The number of aliphatic hydroxyl groups is 1. The van der Waals surface area contributed by atoms with Crippen LogP contribution in [0.3, 0.4) is 0 Å². The molecule has 0 saturated carbocycles. The van der Waals surface area contributed by atoms with Crippen molar-refractivity contribution in [1.29, 1.82) is 0 Å². The van der Waals surface area contributed by atoms with Crippen molar-refractivity contribution in [3.8, 4) is 5.75 Å². The van der Waals surface area contributed by atoms with Crippen molar-refractivity contribution < 1.29 is 19.4 Å². The normalized spacial score (nSPS) is 19.7. The minimum Gasteiger partial charge on any atom is -0.497 e. The first-order valence-electron chi connectivity index (χ1n) is 5.90. The van der Waals surface area contributed by atoms with Crippen LogP contribution in [0, 0.1) is 0 Å². The third-order valence-corrected chi connectivity index (χ3v) is 2.95. The van der Waals surface area contributed by atoms with Crippen LogP contribution in [0.25, 0.3) is 0 Å². The SMILES string of the molecule is COc1cccc(C(=O)N2CCOC(CO)C2)c1. The lowest BCUT2D eigenvalue weighted by atomic mass is 10.1. The molecule has 1 fully saturated rings. The number of nitrogens with zero attached hydrogens (tertiary/aromatic N) is 1. The molecule has 1 aliphatic rings. The Bertz CT molecular complexity index is 421. The number of carbonyl (C=O) groups excluding carboxylic acids is 1. The highest BCUT2D eigenvalue weighted by Crippen LogP contribution is 2.16. The summed E-state index contributed by atoms with van der Waals surface area (Å²) in [7, 11) is 1.57. The van der Waals surface area contributed by atoms with E-state index in [2.05, 4.69) is 0 Å². The zero-order chi connectivity index (χ0) is 13.0. The predicted octanol–water partition coefficient (Wildman–Crippen LogP) is 0.528. The smallest absolute Gasteiger partial charge is 0.254 e. The maximum atomic E-state index is 12.3. The Kier molecular flexibility index (Phi) is 4.17. The summed E-state index contributed by atoms with van der Waals surface area (Å²) in [4.78, 5) is 14.0. The van der Waals surface area contributed by atoms with Crippen molar-refractivity contribution in [2.45, 2.75) is 6.10 Å². The summed E-state index contributed by atoms with van der Waals surface area (Å²) in [5.41, 5.74) is 0.591. The maximum absolute atomic E-state index is 12.3. The number of hydrogen-bond donors (Lipinski definition) is 1. The van der Waals surface area contributed by atoms with Gasteiger partial charge in [0, 0.05) is 18.7 Å². The molecule has 0 spiro atoms. The number of carbonyl (C=O) groups is 1. The second-order valence-corrected chi connectivity index (χ2v) is 4.16. The van der Waals surface area contributed by atoms with Crippen LogP contribution >= 0.6 is 0 Å². The molecule has 0 bridgehead atoms. The van der Waals surface area contributed by atoms with Crippen LogP contribution in [0.4, 0.5) is 0 Å². The highest BCUT2D eigenvalue weighted by Gasteiger charge is 2.24. The highest BCUT2D eigenvalue weighted by atomic mass is 16.5. The minimum absolute atomic E-state index is 0.0596. The Labute approximate surface area is 106 Å². The molecule has 1 heterocycles. The van der Waals surface area contributed by atoms with Crippen LogP contribution in [0.1, 0.15) is 10.4 Å². The molecule has 18 heavy (non-hydrogen) atoms. The van der Waals surface area contributed by atoms with E-state index in [1.165, 1.54) is 0 Å². The van der Waals surface area contributed by atoms with Crippen molar-refractivity contribution in [3.63, 3.8) is 0 Å². The number of methoxy groups -OCH3 is 1. The number of hydrogen-bond acceptors (Lipinski definition) is 4. The topological polar surface area (TPSA) is 59.0 Å². The van der Waals surface area contributed by atoms with Crippen LogP contribution < -0.4 is 4.74 Å². The lowest BCUT2D eigenvalue weighted by Gasteiger charge is -2.32. The summed E-state index contributed by atoms with van der Waals surface area (Å²) in [5, 5.41) is 9.06. The number of ether oxygens (including phenoxy) is 2. The number of amides is 1. The van der Waals surface area contributed by atoms with Crippen molar-refractivity contribution in [3.05, 3.63) is 29.8 Å². The van der Waals surface area contributed by atoms with Crippen LogP contribution in [0.5, 0.6) is 5.75 Å². The lowest BCUT2D eigenvalue weighted by molar-refractivity contribution is -0.0447. The van der Waals surface area contributed by atoms with E-state index in [9.17, 15) is 4.79 Å². The van der Waals surface area contributed by atoms with Gasteiger partial charge in [0.15, 0.2) is 0 Å². The third kappa shape index (κ3) is 2.80. The summed E-state index contributed by atoms with van der Waals surface area (Å²) in [6.07, 6.45) is -0.284. The highest BCUT2D eigenvalue weighted by molar-refractivity contribution is 5.94. The van der Waals surface area contributed by atoms with Gasteiger partial charge in [-0.2, -0.15) is 0 Å². The Morgan fingerprint density at radius 2 is 2.44 bits per heavy atom. The number of benzene rings is 1. The fourth-order valence-corrected chi connectivity index (χ4v) is 1.95. The Morgan fingerprint density at radius 1 is 1.61 bits per heavy atom. The average Bonchev–Trinajstić information content (AvgIpc) is 2.46. The zero-order valence-corrected chi connectivity index (χ0v) is 10.3. The first-order chi connectivity index (χ1) is 8.74. The molecule has 2 rings (SSSR count). The van der Waals surface area contributed by atoms with Crippen LogP contribution in [-0.2, 0) is 4.74 Å². The fourth-order valence-electron chi connectivity index (χ4n) is 1.95. The molecule has 1 atom stereocenters. The van der Waals surface area contributed by atoms with Gasteiger partial charge in [0.1, 0.15) is 5.75 Å². The summed E-state index contributed by atoms with van der Waals surface area (Å²) < 4.78 is 10.4. The molecule has 0 aromatic heterocycles. The molecular weight excluding hydrogens is 234 g/mol. The average molecular weight is 251 g/mol. The molecule has 1 aromatic rings. The first kappa shape index (κ1) is 12.9. The van der Waals surface area contributed by atoms with Gasteiger partial charge in [-0.3, -0.25) is 4.79 Å². The largest absolute Gasteiger partial charge is 0.497 e. The van der Waals surface area contributed by atoms with E-state index in [1.807, 2.05) is 0 Å². The number of aliphatic hydroxyl groups excluding tert-OH is 1. The van der Waals surface area contributed by atoms with Crippen molar-refractivity contribution >= 4 is 5.91 Å². The van der Waals surface area contributed by atoms with Crippen molar-refractivity contribution in [2.24, 2.45) is 0 Å². The molecule has 0 aliphatic carbocycles. The quantitative estimate of drug-likeness (QED) is 0.851. The van der Waals surface area contributed by atoms with Crippen molar-refractivity contribution in [1.82, 2.24) is 4.90 Å². The molecule has 5 nitrogen and oxygen atoms in total. The standard InChI is InChI=1S/C13H17NO4/c1-17-11-4-2-3-10(7-11)13(16)14-5-6-18-12(8-14)9-15/h2-4,7,12,15H,5-6,8-9H2,1H3. The van der Waals surface area contributed by atoms with E-state index in [1.54, 1.807) is 36.3 Å². The van der Waals surface area contributed by atoms with Gasteiger partial charge in [-0.1, -0.05) is 6.07 Å². The zero-order valence-electron chi connectivity index (χ0n) is 10.3. The first-order valence-corrected chi connectivity index (χ1v) is 5.90. The summed E-state index contributed by atoms with van der Waals surface area (Å²) in [6, 6.07) is 7.06. The van der Waals surface area contributed by atoms with E-state index >= 15 is 0 Å². The van der Waals surface area contributed by atoms with Gasteiger partial charge in [0.25, 0.3) is 5.91 Å². The minimum atomic E-state index is -0.284. The summed E-state index contributed by atoms with van der Waals surface area (Å²) in [5.74, 6) is 0.600. The maximum Gasteiger partial charge on any atom is 0.254 e. The predicted molar refractivity (Wildman–Crippen MR) is 65.7 cm³/mol.